The molecule has 2 heterocycles. The zero-order valence-electron chi connectivity index (χ0n) is 14.5. The first-order valence-corrected chi connectivity index (χ1v) is 7.83. The molecule has 2 N–H and O–H groups in total. The van der Waals surface area contributed by atoms with E-state index in [0.717, 1.165) is 17.7 Å². The van der Waals surface area contributed by atoms with Crippen molar-refractivity contribution in [3.05, 3.63) is 17.5 Å². The molecule has 0 spiro atoms. The number of hydrogen-bond acceptors (Lipinski definition) is 4. The number of nitrogens with two attached hydrogens (primary N) is 1. The van der Waals surface area contributed by atoms with Gasteiger partial charge in [0.2, 0.25) is 0 Å². The van der Waals surface area contributed by atoms with Crippen LogP contribution in [-0.4, -0.2) is 39.5 Å². The second-order valence-electron chi connectivity index (χ2n) is 7.56. The number of nitrogens with zero attached hydrogens (tertiary/aromatic N) is 3. The highest BCUT2D eigenvalue weighted by Gasteiger charge is 2.42. The molecule has 1 saturated heterocycles. The van der Waals surface area contributed by atoms with Crippen LogP contribution in [0.4, 0.5) is 4.79 Å². The molecular weight excluding hydrogens is 280 g/mol. The van der Waals surface area contributed by atoms with Crippen LogP contribution in [0.25, 0.3) is 0 Å². The maximum Gasteiger partial charge on any atom is 0.410 e. The minimum absolute atomic E-state index is 0.296. The lowest BCUT2D eigenvalue weighted by Crippen LogP contribution is -2.43. The largest absolute Gasteiger partial charge is 0.444 e. The van der Waals surface area contributed by atoms with Crippen LogP contribution >= 0.6 is 0 Å². The summed E-state index contributed by atoms with van der Waals surface area (Å²) in [4.78, 5) is 13.9. The van der Waals surface area contributed by atoms with E-state index in [1.165, 1.54) is 0 Å². The molecule has 1 aromatic rings. The van der Waals surface area contributed by atoms with Crippen molar-refractivity contribution in [3.8, 4) is 0 Å². The summed E-state index contributed by atoms with van der Waals surface area (Å²) in [6.45, 7) is 10.9. The van der Waals surface area contributed by atoms with Gasteiger partial charge in [0.1, 0.15) is 5.60 Å². The lowest BCUT2D eigenvalue weighted by Gasteiger charge is -2.27. The first-order valence-electron chi connectivity index (χ1n) is 7.83. The first kappa shape index (κ1) is 16.8. The van der Waals surface area contributed by atoms with Crippen LogP contribution in [0, 0.1) is 0 Å². The lowest BCUT2D eigenvalue weighted by atomic mass is 9.88. The highest BCUT2D eigenvalue weighted by atomic mass is 16.6. The van der Waals surface area contributed by atoms with Crippen LogP contribution in [0.5, 0.6) is 0 Å². The summed E-state index contributed by atoms with van der Waals surface area (Å²) >= 11 is 0. The topological polar surface area (TPSA) is 73.4 Å². The van der Waals surface area contributed by atoms with Gasteiger partial charge in [-0.05, 0) is 33.1 Å². The smallest absolute Gasteiger partial charge is 0.410 e. The van der Waals surface area contributed by atoms with Gasteiger partial charge in [-0.3, -0.25) is 4.68 Å². The molecular formula is C16H28N4O2. The van der Waals surface area contributed by atoms with Gasteiger partial charge in [-0.25, -0.2) is 4.79 Å². The van der Waals surface area contributed by atoms with Gasteiger partial charge in [0.15, 0.2) is 0 Å². The van der Waals surface area contributed by atoms with Crippen molar-refractivity contribution in [2.24, 2.45) is 12.8 Å². The molecule has 2 rings (SSSR count). The SMILES string of the molecule is CC(C)c1nn(C)cc1C1(N)CCN(C(=O)OC(C)(C)C)C1. The second kappa shape index (κ2) is 5.57. The average Bonchev–Trinajstić information content (AvgIpc) is 2.92. The molecule has 6 heteroatoms. The van der Waals surface area contributed by atoms with Crippen LogP contribution in [0.3, 0.4) is 0 Å². The molecule has 1 unspecified atom stereocenters. The van der Waals surface area contributed by atoms with E-state index in [-0.39, 0.29) is 6.09 Å². The summed E-state index contributed by atoms with van der Waals surface area (Å²) in [6.07, 6.45) is 2.40. The molecule has 0 aliphatic carbocycles. The summed E-state index contributed by atoms with van der Waals surface area (Å²) in [7, 11) is 1.90. The Kier molecular flexibility index (Phi) is 4.26. The zero-order chi connectivity index (χ0) is 16.7. The third-order valence-electron chi connectivity index (χ3n) is 3.89. The predicted molar refractivity (Wildman–Crippen MR) is 85.6 cm³/mol. The van der Waals surface area contributed by atoms with E-state index in [1.807, 2.05) is 34.0 Å². The number of aromatic nitrogens is 2. The highest BCUT2D eigenvalue weighted by molar-refractivity contribution is 5.69. The summed E-state index contributed by atoms with van der Waals surface area (Å²) < 4.78 is 7.25. The van der Waals surface area contributed by atoms with Crippen LogP contribution in [-0.2, 0) is 17.3 Å². The number of likely N-dealkylation sites (tertiary alicyclic amines) is 1. The molecule has 0 bridgehead atoms. The van der Waals surface area contributed by atoms with Crippen LogP contribution in [0.15, 0.2) is 6.20 Å². The second-order valence-corrected chi connectivity index (χ2v) is 7.56. The minimum atomic E-state index is -0.551. The number of hydrogen-bond donors (Lipinski definition) is 1. The van der Waals surface area contributed by atoms with Gasteiger partial charge in [-0.1, -0.05) is 13.8 Å². The van der Waals surface area contributed by atoms with E-state index < -0.39 is 11.1 Å². The quantitative estimate of drug-likeness (QED) is 0.910. The van der Waals surface area contributed by atoms with Gasteiger partial charge in [0.05, 0.1) is 11.2 Å². The number of carbonyl (C=O) groups excluding carboxylic acids is 1. The summed E-state index contributed by atoms with van der Waals surface area (Å²) in [5, 5.41) is 4.53. The van der Waals surface area contributed by atoms with E-state index in [9.17, 15) is 4.79 Å². The summed E-state index contributed by atoms with van der Waals surface area (Å²) in [5.74, 6) is 0.298. The highest BCUT2D eigenvalue weighted by Crippen LogP contribution is 2.34. The molecule has 124 valence electrons. The Labute approximate surface area is 132 Å². The molecule has 1 amide bonds. The monoisotopic (exact) mass is 308 g/mol. The molecule has 1 aliphatic heterocycles. The first-order chi connectivity index (χ1) is 10.0. The fourth-order valence-electron chi connectivity index (χ4n) is 2.85. The lowest BCUT2D eigenvalue weighted by molar-refractivity contribution is 0.0284. The Balaban J connectivity index is 2.19. The molecule has 1 aromatic heterocycles. The van der Waals surface area contributed by atoms with Crippen molar-refractivity contribution in [2.45, 2.75) is 58.1 Å². The number of carbonyl (C=O) groups is 1. The number of ether oxygens (including phenoxy) is 1. The van der Waals surface area contributed by atoms with Crippen LogP contribution in [0.2, 0.25) is 0 Å². The van der Waals surface area contributed by atoms with Crippen molar-refractivity contribution in [3.63, 3.8) is 0 Å². The van der Waals surface area contributed by atoms with Gasteiger partial charge in [-0.15, -0.1) is 0 Å². The maximum atomic E-state index is 12.2. The van der Waals surface area contributed by atoms with Crippen LogP contribution < -0.4 is 5.73 Å². The minimum Gasteiger partial charge on any atom is -0.444 e. The fraction of sp³-hybridized carbons (Fsp3) is 0.750. The number of amides is 1. The normalized spacial score (nSPS) is 22.5. The van der Waals surface area contributed by atoms with Gasteiger partial charge >= 0.3 is 6.09 Å². The molecule has 1 atom stereocenters. The van der Waals surface area contributed by atoms with Gasteiger partial charge in [0, 0.05) is 31.9 Å². The molecule has 1 fully saturated rings. The number of aryl methyl sites for hydroxylation is 1. The molecule has 1 aliphatic rings. The van der Waals surface area contributed by atoms with Gasteiger partial charge in [0.25, 0.3) is 0 Å². The average molecular weight is 308 g/mol. The van der Waals surface area contributed by atoms with E-state index in [4.69, 9.17) is 10.5 Å². The van der Waals surface area contributed by atoms with E-state index in [2.05, 4.69) is 18.9 Å². The standard InChI is InChI=1S/C16H28N4O2/c1-11(2)13-12(9-19(6)18-13)16(17)7-8-20(10-16)14(21)22-15(3,4)5/h9,11H,7-8,10,17H2,1-6H3. The third kappa shape index (κ3) is 3.43. The maximum absolute atomic E-state index is 12.2. The molecule has 0 aromatic carbocycles. The van der Waals surface area contributed by atoms with E-state index in [0.29, 0.717) is 19.0 Å². The molecule has 6 nitrogen and oxygen atoms in total. The zero-order valence-corrected chi connectivity index (χ0v) is 14.5. The Morgan fingerprint density at radius 3 is 2.64 bits per heavy atom. The summed E-state index contributed by atoms with van der Waals surface area (Å²) in [5.41, 5.74) is 7.63. The Morgan fingerprint density at radius 2 is 2.09 bits per heavy atom. The Bertz CT molecular complexity index is 559. The Morgan fingerprint density at radius 1 is 1.45 bits per heavy atom. The van der Waals surface area contributed by atoms with Crippen molar-refractivity contribution in [1.82, 2.24) is 14.7 Å². The van der Waals surface area contributed by atoms with E-state index >= 15 is 0 Å². The number of rotatable bonds is 2. The van der Waals surface area contributed by atoms with Crippen LogP contribution in [0.1, 0.15) is 58.2 Å². The van der Waals surface area contributed by atoms with Crippen molar-refractivity contribution in [2.75, 3.05) is 13.1 Å². The fourth-order valence-corrected chi connectivity index (χ4v) is 2.85. The molecule has 0 radical (unpaired) electrons. The van der Waals surface area contributed by atoms with Crippen molar-refractivity contribution >= 4 is 6.09 Å². The third-order valence-corrected chi connectivity index (χ3v) is 3.89. The van der Waals surface area contributed by atoms with Crippen molar-refractivity contribution < 1.29 is 9.53 Å². The van der Waals surface area contributed by atoms with Gasteiger partial charge < -0.3 is 15.4 Å². The molecule has 22 heavy (non-hydrogen) atoms. The summed E-state index contributed by atoms with van der Waals surface area (Å²) in [6, 6.07) is 0. The van der Waals surface area contributed by atoms with Gasteiger partial charge in [-0.2, -0.15) is 5.10 Å². The van der Waals surface area contributed by atoms with E-state index in [1.54, 1.807) is 9.58 Å². The molecule has 0 saturated carbocycles. The Hall–Kier alpha value is -1.56. The van der Waals surface area contributed by atoms with Crippen molar-refractivity contribution in [1.29, 1.82) is 0 Å². The predicted octanol–water partition coefficient (Wildman–Crippen LogP) is 2.34.